The third-order valence-corrected chi connectivity index (χ3v) is 5.17. The minimum atomic E-state index is 0. The van der Waals surface area contributed by atoms with Gasteiger partial charge in [-0.05, 0) is 32.1 Å². The maximum Gasteiger partial charge on any atom is 0.225 e. The van der Waals surface area contributed by atoms with Crippen molar-refractivity contribution < 1.29 is 0 Å². The zero-order valence-corrected chi connectivity index (χ0v) is 19.9. The quantitative estimate of drug-likeness (QED) is 0.365. The number of anilines is 1. The SMILES string of the molecule is CN=C(NCC(Cc1ccccc1)N(C)C)N1CCN(c2ncccn2)CC1.I. The number of halogens is 1. The van der Waals surface area contributed by atoms with Crippen molar-refractivity contribution in [1.82, 2.24) is 25.1 Å². The van der Waals surface area contributed by atoms with Gasteiger partial charge in [-0.1, -0.05) is 30.3 Å². The first-order valence-electron chi connectivity index (χ1n) is 9.85. The first-order valence-corrected chi connectivity index (χ1v) is 9.85. The van der Waals surface area contributed by atoms with E-state index in [2.05, 4.69) is 79.4 Å². The fourth-order valence-corrected chi connectivity index (χ4v) is 3.44. The monoisotopic (exact) mass is 509 g/mol. The van der Waals surface area contributed by atoms with Crippen LogP contribution in [-0.4, -0.2) is 85.6 Å². The van der Waals surface area contributed by atoms with Crippen molar-refractivity contribution in [3.05, 3.63) is 54.4 Å². The minimum absolute atomic E-state index is 0. The third-order valence-electron chi connectivity index (χ3n) is 5.17. The Morgan fingerprint density at radius 1 is 1.07 bits per heavy atom. The summed E-state index contributed by atoms with van der Waals surface area (Å²) in [6, 6.07) is 12.9. The van der Waals surface area contributed by atoms with E-state index in [-0.39, 0.29) is 24.0 Å². The van der Waals surface area contributed by atoms with Crippen molar-refractivity contribution in [2.24, 2.45) is 4.99 Å². The highest BCUT2D eigenvalue weighted by Crippen LogP contribution is 2.10. The number of nitrogens with one attached hydrogen (secondary N) is 1. The molecule has 0 bridgehead atoms. The average molecular weight is 509 g/mol. The van der Waals surface area contributed by atoms with Gasteiger partial charge in [-0.3, -0.25) is 4.99 Å². The molecule has 0 spiro atoms. The molecule has 3 rings (SSSR count). The van der Waals surface area contributed by atoms with Gasteiger partial charge < -0.3 is 20.0 Å². The van der Waals surface area contributed by atoms with E-state index in [1.165, 1.54) is 5.56 Å². The number of aromatic nitrogens is 2. The van der Waals surface area contributed by atoms with Crippen molar-refractivity contribution in [2.45, 2.75) is 12.5 Å². The Hall–Kier alpha value is -1.94. The zero-order chi connectivity index (χ0) is 19.8. The maximum absolute atomic E-state index is 4.51. The fourth-order valence-electron chi connectivity index (χ4n) is 3.44. The summed E-state index contributed by atoms with van der Waals surface area (Å²) in [5.74, 6) is 1.77. The van der Waals surface area contributed by atoms with Crippen molar-refractivity contribution in [3.63, 3.8) is 0 Å². The van der Waals surface area contributed by atoms with Crippen molar-refractivity contribution in [2.75, 3.05) is 58.8 Å². The van der Waals surface area contributed by atoms with Gasteiger partial charge in [0.1, 0.15) is 0 Å². The van der Waals surface area contributed by atoms with Crippen LogP contribution < -0.4 is 10.2 Å². The molecule has 1 aromatic carbocycles. The summed E-state index contributed by atoms with van der Waals surface area (Å²) in [5, 5.41) is 3.58. The Kier molecular flexibility index (Phi) is 9.59. The van der Waals surface area contributed by atoms with Crippen LogP contribution >= 0.6 is 24.0 Å². The van der Waals surface area contributed by atoms with Gasteiger partial charge in [0.25, 0.3) is 0 Å². The highest BCUT2D eigenvalue weighted by Gasteiger charge is 2.22. The predicted molar refractivity (Wildman–Crippen MR) is 130 cm³/mol. The number of rotatable bonds is 6. The minimum Gasteiger partial charge on any atom is -0.355 e. The summed E-state index contributed by atoms with van der Waals surface area (Å²) in [5.41, 5.74) is 1.36. The van der Waals surface area contributed by atoms with Crippen LogP contribution in [0.2, 0.25) is 0 Å². The molecule has 29 heavy (non-hydrogen) atoms. The molecule has 0 saturated carbocycles. The summed E-state index contributed by atoms with van der Waals surface area (Å²) >= 11 is 0. The highest BCUT2D eigenvalue weighted by molar-refractivity contribution is 14.0. The standard InChI is InChI=1S/C21H31N7.HI/c1-22-20(25-17-19(26(2)3)16-18-8-5-4-6-9-18)27-12-14-28(15-13-27)21-23-10-7-11-24-21;/h4-11,19H,12-17H2,1-3H3,(H,22,25);1H. The second-order valence-corrected chi connectivity index (χ2v) is 7.26. The van der Waals surface area contributed by atoms with Crippen LogP contribution in [0.1, 0.15) is 5.56 Å². The first kappa shape index (κ1) is 23.3. The molecule has 2 aromatic rings. The van der Waals surface area contributed by atoms with E-state index in [9.17, 15) is 0 Å². The number of hydrogen-bond acceptors (Lipinski definition) is 5. The summed E-state index contributed by atoms with van der Waals surface area (Å²) in [6.45, 7) is 4.46. The van der Waals surface area contributed by atoms with Gasteiger partial charge >= 0.3 is 0 Å². The lowest BCUT2D eigenvalue weighted by Crippen LogP contribution is -2.54. The second-order valence-electron chi connectivity index (χ2n) is 7.26. The molecule has 2 heterocycles. The lowest BCUT2D eigenvalue weighted by Gasteiger charge is -2.37. The number of guanidine groups is 1. The molecule has 1 aliphatic heterocycles. The Morgan fingerprint density at radius 2 is 1.72 bits per heavy atom. The van der Waals surface area contributed by atoms with Gasteiger partial charge in [0.2, 0.25) is 5.95 Å². The van der Waals surface area contributed by atoms with Crippen LogP contribution in [0.4, 0.5) is 5.95 Å². The number of benzene rings is 1. The van der Waals surface area contributed by atoms with Crippen molar-refractivity contribution in [1.29, 1.82) is 0 Å². The number of likely N-dealkylation sites (N-methyl/N-ethyl adjacent to an activating group) is 1. The lowest BCUT2D eigenvalue weighted by molar-refractivity contribution is 0.285. The molecule has 1 aromatic heterocycles. The van der Waals surface area contributed by atoms with E-state index >= 15 is 0 Å². The first-order chi connectivity index (χ1) is 13.7. The molecule has 1 aliphatic rings. The molecule has 7 nitrogen and oxygen atoms in total. The summed E-state index contributed by atoms with van der Waals surface area (Å²) in [7, 11) is 6.13. The van der Waals surface area contributed by atoms with Gasteiger partial charge in [0.15, 0.2) is 5.96 Å². The van der Waals surface area contributed by atoms with Gasteiger partial charge in [0.05, 0.1) is 0 Å². The van der Waals surface area contributed by atoms with Gasteiger partial charge in [-0.15, -0.1) is 24.0 Å². The number of nitrogens with zero attached hydrogens (tertiary/aromatic N) is 6. The average Bonchev–Trinajstić information content (AvgIpc) is 2.75. The largest absolute Gasteiger partial charge is 0.355 e. The third kappa shape index (κ3) is 6.81. The second kappa shape index (κ2) is 11.9. The Labute approximate surface area is 191 Å². The van der Waals surface area contributed by atoms with Gasteiger partial charge in [-0.2, -0.15) is 0 Å². The Morgan fingerprint density at radius 3 is 2.31 bits per heavy atom. The van der Waals surface area contributed by atoms with Crippen LogP contribution in [-0.2, 0) is 6.42 Å². The Balaban J connectivity index is 0.00000300. The lowest BCUT2D eigenvalue weighted by atomic mass is 10.1. The van der Waals surface area contributed by atoms with E-state index in [0.717, 1.165) is 51.1 Å². The fraction of sp³-hybridized carbons (Fsp3) is 0.476. The smallest absolute Gasteiger partial charge is 0.225 e. The van der Waals surface area contributed by atoms with Crippen LogP contribution in [0.3, 0.4) is 0 Å². The summed E-state index contributed by atoms with van der Waals surface area (Å²) in [4.78, 5) is 20.0. The zero-order valence-electron chi connectivity index (χ0n) is 17.5. The van der Waals surface area contributed by atoms with Gasteiger partial charge in [0, 0.05) is 58.2 Å². The molecule has 1 fully saturated rings. The molecular formula is C21H32IN7. The molecule has 8 heteroatoms. The van der Waals surface area contributed by atoms with Crippen LogP contribution in [0.15, 0.2) is 53.8 Å². The van der Waals surface area contributed by atoms with E-state index in [1.54, 1.807) is 12.4 Å². The molecule has 0 aliphatic carbocycles. The summed E-state index contributed by atoms with van der Waals surface area (Å²) in [6.07, 6.45) is 4.60. The molecule has 0 amide bonds. The number of hydrogen-bond donors (Lipinski definition) is 1. The van der Waals surface area contributed by atoms with E-state index in [1.807, 2.05) is 13.1 Å². The van der Waals surface area contributed by atoms with Crippen LogP contribution in [0, 0.1) is 0 Å². The molecule has 0 radical (unpaired) electrons. The van der Waals surface area contributed by atoms with Crippen molar-refractivity contribution >= 4 is 35.9 Å². The summed E-state index contributed by atoms with van der Waals surface area (Å²) < 4.78 is 0. The number of aliphatic imine (C=N–C) groups is 1. The maximum atomic E-state index is 4.51. The van der Waals surface area contributed by atoms with E-state index in [0.29, 0.717) is 6.04 Å². The van der Waals surface area contributed by atoms with Crippen LogP contribution in [0.25, 0.3) is 0 Å². The molecule has 158 valence electrons. The predicted octanol–water partition coefficient (Wildman–Crippen LogP) is 1.96. The normalized spacial score (nSPS) is 15.8. The van der Waals surface area contributed by atoms with Crippen molar-refractivity contribution in [3.8, 4) is 0 Å². The number of piperazine rings is 1. The Bertz CT molecular complexity index is 731. The molecule has 1 N–H and O–H groups in total. The molecule has 1 atom stereocenters. The molecule has 1 saturated heterocycles. The van der Waals surface area contributed by atoms with E-state index < -0.39 is 0 Å². The highest BCUT2D eigenvalue weighted by atomic mass is 127. The molecular weight excluding hydrogens is 477 g/mol. The van der Waals surface area contributed by atoms with Gasteiger partial charge in [-0.25, -0.2) is 9.97 Å². The molecule has 1 unspecified atom stereocenters. The van der Waals surface area contributed by atoms with E-state index in [4.69, 9.17) is 0 Å². The van der Waals surface area contributed by atoms with Crippen LogP contribution in [0.5, 0.6) is 0 Å². The topological polar surface area (TPSA) is 59.9 Å².